The summed E-state index contributed by atoms with van der Waals surface area (Å²) in [5.74, 6) is -1.01. The van der Waals surface area contributed by atoms with Gasteiger partial charge in [0.25, 0.3) is 0 Å². The minimum absolute atomic E-state index is 0.171. The van der Waals surface area contributed by atoms with Crippen LogP contribution in [-0.2, 0) is 6.42 Å². The first-order chi connectivity index (χ1) is 14.6. The summed E-state index contributed by atoms with van der Waals surface area (Å²) in [6.45, 7) is 7.29. The van der Waals surface area contributed by atoms with Crippen LogP contribution in [0.4, 0.5) is 8.63 Å². The number of aromatic nitrogens is 1. The van der Waals surface area contributed by atoms with E-state index in [1.54, 1.807) is 26.0 Å². The molecule has 0 radical (unpaired) electrons. The predicted octanol–water partition coefficient (Wildman–Crippen LogP) is 5.57. The van der Waals surface area contributed by atoms with Crippen LogP contribution in [0.1, 0.15) is 72.6 Å². The van der Waals surface area contributed by atoms with Gasteiger partial charge in [0.05, 0.1) is 11.1 Å². The van der Waals surface area contributed by atoms with E-state index in [0.717, 1.165) is 33.4 Å². The van der Waals surface area contributed by atoms with E-state index >= 15 is 8.63 Å². The van der Waals surface area contributed by atoms with Gasteiger partial charge < -0.3 is 22.7 Å². The molecule has 0 amide bonds. The zero-order chi connectivity index (χ0) is 22.8. The lowest BCUT2D eigenvalue weighted by molar-refractivity contribution is -0.363. The van der Waals surface area contributed by atoms with Crippen LogP contribution in [0.15, 0.2) is 41.1 Å². The molecule has 31 heavy (non-hydrogen) atoms. The minimum atomic E-state index is -4.06. The number of hydrogen-bond donors (Lipinski definition) is 1. The van der Waals surface area contributed by atoms with Gasteiger partial charge in [-0.1, -0.05) is 26.0 Å². The number of rotatable bonds is 4. The van der Waals surface area contributed by atoms with Crippen molar-refractivity contribution in [2.75, 3.05) is 0 Å². The van der Waals surface area contributed by atoms with E-state index in [2.05, 4.69) is 0 Å². The van der Waals surface area contributed by atoms with Crippen molar-refractivity contribution in [3.63, 3.8) is 0 Å². The number of nitrogens with zero attached hydrogens (tertiary/aromatic N) is 2. The third-order valence-corrected chi connectivity index (χ3v) is 6.92. The number of hydrogen-bond acceptors (Lipinski definition) is 1. The van der Waals surface area contributed by atoms with Crippen LogP contribution in [0.3, 0.4) is 0 Å². The average molecular weight is 424 g/mol. The van der Waals surface area contributed by atoms with E-state index in [0.29, 0.717) is 35.6 Å². The fraction of sp³-hybridized carbons (Fsp3) is 0.333. The van der Waals surface area contributed by atoms with Crippen molar-refractivity contribution in [1.82, 2.24) is 4.48 Å². The molecule has 162 valence electrons. The molecule has 4 nitrogen and oxygen atoms in total. The van der Waals surface area contributed by atoms with Crippen LogP contribution in [-0.4, -0.2) is 32.7 Å². The molecule has 0 bridgehead atoms. The summed E-state index contributed by atoms with van der Waals surface area (Å²) in [6, 6.07) is 6.53. The maximum absolute atomic E-state index is 16.1. The first kappa shape index (κ1) is 21.3. The molecule has 2 aliphatic rings. The molecule has 0 unspecified atom stereocenters. The maximum atomic E-state index is 16.1. The Balaban J connectivity index is 2.17. The molecule has 1 aromatic heterocycles. The van der Waals surface area contributed by atoms with Gasteiger partial charge in [-0.15, -0.1) is 0 Å². The highest BCUT2D eigenvalue weighted by Crippen LogP contribution is 2.47. The fourth-order valence-electron chi connectivity index (χ4n) is 5.53. The van der Waals surface area contributed by atoms with Gasteiger partial charge in [-0.25, -0.2) is 4.79 Å². The molecule has 0 spiro atoms. The SMILES string of the molecule is CCC1=C(C)C2=C(c3ccc(C(=O)O)cc3)c3c(C)c(CC)c(C)n3[B-](F)(F)[N+]2=C1C. The van der Waals surface area contributed by atoms with Crippen molar-refractivity contribution in [2.24, 2.45) is 0 Å². The van der Waals surface area contributed by atoms with E-state index in [-0.39, 0.29) is 5.56 Å². The topological polar surface area (TPSA) is 45.2 Å². The number of halogens is 2. The lowest BCUT2D eigenvalue weighted by Gasteiger charge is -2.34. The van der Waals surface area contributed by atoms with E-state index in [4.69, 9.17) is 0 Å². The molecule has 0 atom stereocenters. The summed E-state index contributed by atoms with van der Waals surface area (Å²) in [6.07, 6.45) is 1.34. The Morgan fingerprint density at radius 1 is 1.06 bits per heavy atom. The number of carbonyl (C=O) groups is 1. The molecule has 7 heteroatoms. The van der Waals surface area contributed by atoms with Crippen molar-refractivity contribution in [1.29, 1.82) is 0 Å². The van der Waals surface area contributed by atoms with Gasteiger partial charge in [-0.3, -0.25) is 0 Å². The normalized spacial score (nSPS) is 17.4. The van der Waals surface area contributed by atoms with Gasteiger partial charge in [0.15, 0.2) is 5.70 Å². The van der Waals surface area contributed by atoms with E-state index in [1.165, 1.54) is 21.1 Å². The summed E-state index contributed by atoms with van der Waals surface area (Å²) in [5.41, 5.74) is 7.52. The molecule has 0 saturated carbocycles. The maximum Gasteiger partial charge on any atom is 0.737 e. The highest BCUT2D eigenvalue weighted by atomic mass is 19.2. The second-order valence-electron chi connectivity index (χ2n) is 8.37. The van der Waals surface area contributed by atoms with Gasteiger partial charge >= 0.3 is 12.9 Å². The highest BCUT2D eigenvalue weighted by Gasteiger charge is 2.56. The monoisotopic (exact) mass is 424 g/mol. The predicted molar refractivity (Wildman–Crippen MR) is 120 cm³/mol. The molecule has 3 heterocycles. The number of benzene rings is 1. The van der Waals surface area contributed by atoms with Crippen molar-refractivity contribution in [3.8, 4) is 0 Å². The molecule has 0 fully saturated rings. The standard InChI is InChI=1S/C24H27BF2N2O2/c1-7-19-13(3)22-21(17-9-11-18(12-10-17)24(30)31)23-14(4)20(8-2)16(6)29(23)25(26,27)28(22)15(19)5/h9-12H,7-8H2,1-6H3,(H,30,31). The van der Waals surface area contributed by atoms with E-state index in [1.807, 2.05) is 27.7 Å². The second-order valence-corrected chi connectivity index (χ2v) is 8.37. The van der Waals surface area contributed by atoms with Gasteiger partial charge in [0, 0.05) is 23.8 Å². The van der Waals surface area contributed by atoms with Crippen molar-refractivity contribution >= 4 is 24.2 Å². The lowest BCUT2D eigenvalue weighted by atomic mass is 9.83. The quantitative estimate of drug-likeness (QED) is 0.652. The Kier molecular flexibility index (Phi) is 4.83. The summed E-state index contributed by atoms with van der Waals surface area (Å²) in [5, 5.41) is 9.29. The zero-order valence-electron chi connectivity index (χ0n) is 18.8. The average Bonchev–Trinajstić information content (AvgIpc) is 3.13. The first-order valence-corrected chi connectivity index (χ1v) is 10.7. The number of allylic oxidation sites excluding steroid dienone is 2. The third kappa shape index (κ3) is 2.72. The van der Waals surface area contributed by atoms with Crippen LogP contribution < -0.4 is 0 Å². The molecular formula is C24H27BF2N2O2. The number of carboxylic acid groups (broad SMARTS) is 1. The number of fused-ring (bicyclic) bond motifs is 2. The Morgan fingerprint density at radius 2 is 1.68 bits per heavy atom. The number of carboxylic acids is 1. The molecule has 1 aromatic carbocycles. The van der Waals surface area contributed by atoms with Crippen LogP contribution in [0.25, 0.3) is 5.57 Å². The Hall–Kier alpha value is -2.96. The highest BCUT2D eigenvalue weighted by molar-refractivity contribution is 6.58. The molecule has 0 saturated heterocycles. The summed E-state index contributed by atoms with van der Waals surface area (Å²) in [7, 11) is 0. The van der Waals surface area contributed by atoms with E-state index < -0.39 is 12.9 Å². The second kappa shape index (κ2) is 7.04. The Labute approximate surface area is 181 Å². The molecule has 2 aromatic rings. The van der Waals surface area contributed by atoms with Crippen LogP contribution in [0, 0.1) is 13.8 Å². The minimum Gasteiger partial charge on any atom is -0.478 e. The molecule has 4 rings (SSSR count). The van der Waals surface area contributed by atoms with Crippen LogP contribution in [0.5, 0.6) is 0 Å². The largest absolute Gasteiger partial charge is 0.737 e. The Morgan fingerprint density at radius 3 is 2.19 bits per heavy atom. The molecule has 0 aliphatic carbocycles. The fourth-order valence-corrected chi connectivity index (χ4v) is 5.53. The molecule has 2 aliphatic heterocycles. The summed E-state index contributed by atoms with van der Waals surface area (Å²) < 4.78 is 34.7. The van der Waals surface area contributed by atoms with Crippen LogP contribution >= 0.6 is 0 Å². The molecular weight excluding hydrogens is 397 g/mol. The lowest BCUT2D eigenvalue weighted by Crippen LogP contribution is -2.51. The third-order valence-electron chi connectivity index (χ3n) is 6.92. The van der Waals surface area contributed by atoms with Gasteiger partial charge in [-0.2, -0.15) is 0 Å². The smallest absolute Gasteiger partial charge is 0.478 e. The van der Waals surface area contributed by atoms with Gasteiger partial charge in [0.2, 0.25) is 0 Å². The molecule has 1 N–H and O–H groups in total. The Bertz CT molecular complexity index is 1230. The van der Waals surface area contributed by atoms with Crippen molar-refractivity contribution in [2.45, 2.75) is 54.4 Å². The summed E-state index contributed by atoms with van der Waals surface area (Å²) in [4.78, 5) is 11.3. The van der Waals surface area contributed by atoms with E-state index in [9.17, 15) is 9.90 Å². The van der Waals surface area contributed by atoms with Crippen LogP contribution in [0.2, 0.25) is 0 Å². The van der Waals surface area contributed by atoms with Gasteiger partial charge in [-0.05, 0) is 68.1 Å². The van der Waals surface area contributed by atoms with Crippen molar-refractivity contribution < 1.29 is 23.0 Å². The van der Waals surface area contributed by atoms with Gasteiger partial charge in [0.1, 0.15) is 5.71 Å². The first-order valence-electron chi connectivity index (χ1n) is 10.7. The summed E-state index contributed by atoms with van der Waals surface area (Å²) >= 11 is 0. The van der Waals surface area contributed by atoms with Crippen molar-refractivity contribution in [3.05, 3.63) is 74.8 Å². The zero-order valence-corrected chi connectivity index (χ0v) is 18.8. The number of aromatic carboxylic acids is 1.